The topological polar surface area (TPSA) is 59.1 Å². The predicted octanol–water partition coefficient (Wildman–Crippen LogP) is 2.36. The molecule has 2 rings (SSSR count). The average Bonchev–Trinajstić information content (AvgIpc) is 2.38. The van der Waals surface area contributed by atoms with E-state index in [1.165, 1.54) is 6.20 Å². The first-order chi connectivity index (χ1) is 8.99. The maximum atomic E-state index is 13.1. The number of nitrogens with zero attached hydrogens (tertiary/aromatic N) is 1. The first-order valence-electron chi connectivity index (χ1n) is 5.51. The van der Waals surface area contributed by atoms with E-state index in [0.29, 0.717) is 5.56 Å². The lowest BCUT2D eigenvalue weighted by Gasteiger charge is -2.12. The van der Waals surface area contributed by atoms with Crippen LogP contribution < -0.4 is 5.73 Å². The van der Waals surface area contributed by atoms with Crippen LogP contribution in [0.2, 0.25) is 0 Å². The highest BCUT2D eigenvalue weighted by atomic mass is 19.2. The highest BCUT2D eigenvalue weighted by Crippen LogP contribution is 2.23. The summed E-state index contributed by atoms with van der Waals surface area (Å²) in [5.41, 5.74) is 6.09. The summed E-state index contributed by atoms with van der Waals surface area (Å²) in [5, 5.41) is 9.90. The summed E-state index contributed by atoms with van der Waals surface area (Å²) in [6, 6.07) is 4.79. The summed E-state index contributed by atoms with van der Waals surface area (Å²) >= 11 is 0. The number of nitrogens with two attached hydrogens (primary N) is 1. The van der Waals surface area contributed by atoms with E-state index in [0.717, 1.165) is 12.1 Å². The number of pyridine rings is 1. The second-order valence-electron chi connectivity index (χ2n) is 4.07. The van der Waals surface area contributed by atoms with E-state index >= 15 is 0 Å². The van der Waals surface area contributed by atoms with Crippen LogP contribution >= 0.6 is 0 Å². The maximum absolute atomic E-state index is 13.1. The second kappa shape index (κ2) is 5.27. The fourth-order valence-corrected chi connectivity index (χ4v) is 1.72. The normalized spacial score (nSPS) is 12.4. The first-order valence-corrected chi connectivity index (χ1v) is 5.51. The van der Waals surface area contributed by atoms with Gasteiger partial charge in [-0.25, -0.2) is 18.2 Å². The van der Waals surface area contributed by atoms with Crippen LogP contribution in [0.1, 0.15) is 17.2 Å². The molecule has 100 valence electrons. The minimum atomic E-state index is -1.56. The molecule has 0 saturated carbocycles. The SMILES string of the molecule is Nc1ncccc1CC(O)c1cc(F)c(F)c(F)c1. The molecular formula is C13H11F3N2O. The number of rotatable bonds is 3. The van der Waals surface area contributed by atoms with Gasteiger partial charge in [0.15, 0.2) is 17.5 Å². The van der Waals surface area contributed by atoms with Crippen molar-refractivity contribution in [2.24, 2.45) is 0 Å². The van der Waals surface area contributed by atoms with Crippen molar-refractivity contribution < 1.29 is 18.3 Å². The zero-order valence-electron chi connectivity index (χ0n) is 9.78. The third-order valence-electron chi connectivity index (χ3n) is 2.73. The maximum Gasteiger partial charge on any atom is 0.194 e. The Bertz CT molecular complexity index is 581. The van der Waals surface area contributed by atoms with Gasteiger partial charge in [-0.2, -0.15) is 0 Å². The van der Waals surface area contributed by atoms with Crippen LogP contribution in [0.5, 0.6) is 0 Å². The van der Waals surface area contributed by atoms with E-state index in [9.17, 15) is 18.3 Å². The van der Waals surface area contributed by atoms with Crippen molar-refractivity contribution in [2.75, 3.05) is 5.73 Å². The Balaban J connectivity index is 2.26. The summed E-state index contributed by atoms with van der Waals surface area (Å²) in [4.78, 5) is 3.83. The molecular weight excluding hydrogens is 257 g/mol. The summed E-state index contributed by atoms with van der Waals surface area (Å²) in [7, 11) is 0. The van der Waals surface area contributed by atoms with Crippen LogP contribution in [-0.4, -0.2) is 10.1 Å². The molecule has 19 heavy (non-hydrogen) atoms. The number of hydrogen-bond donors (Lipinski definition) is 2. The van der Waals surface area contributed by atoms with Gasteiger partial charge in [0, 0.05) is 12.6 Å². The highest BCUT2D eigenvalue weighted by Gasteiger charge is 2.16. The van der Waals surface area contributed by atoms with Crippen molar-refractivity contribution in [3.05, 3.63) is 59.0 Å². The Morgan fingerprint density at radius 3 is 2.42 bits per heavy atom. The van der Waals surface area contributed by atoms with E-state index < -0.39 is 23.6 Å². The Labute approximate surface area is 107 Å². The Morgan fingerprint density at radius 2 is 1.84 bits per heavy atom. The predicted molar refractivity (Wildman–Crippen MR) is 63.6 cm³/mol. The molecule has 0 aliphatic carbocycles. The van der Waals surface area contributed by atoms with E-state index in [1.54, 1.807) is 12.1 Å². The van der Waals surface area contributed by atoms with Crippen molar-refractivity contribution in [1.29, 1.82) is 0 Å². The van der Waals surface area contributed by atoms with E-state index in [2.05, 4.69) is 4.98 Å². The van der Waals surface area contributed by atoms with Gasteiger partial charge < -0.3 is 10.8 Å². The van der Waals surface area contributed by atoms with Gasteiger partial charge in [-0.1, -0.05) is 6.07 Å². The lowest BCUT2D eigenvalue weighted by Crippen LogP contribution is -2.07. The molecule has 0 aliphatic rings. The van der Waals surface area contributed by atoms with Gasteiger partial charge in [0.25, 0.3) is 0 Å². The van der Waals surface area contributed by atoms with Gasteiger partial charge in [0.2, 0.25) is 0 Å². The molecule has 2 aromatic rings. The van der Waals surface area contributed by atoms with Crippen molar-refractivity contribution >= 4 is 5.82 Å². The van der Waals surface area contributed by atoms with Crippen LogP contribution in [0.3, 0.4) is 0 Å². The van der Waals surface area contributed by atoms with E-state index in [-0.39, 0.29) is 17.8 Å². The van der Waals surface area contributed by atoms with Gasteiger partial charge in [0.1, 0.15) is 5.82 Å². The standard InChI is InChI=1S/C13H11F3N2O/c14-9-4-8(5-10(15)12(9)16)11(19)6-7-2-1-3-18-13(7)17/h1-5,11,19H,6H2,(H2,17,18). The number of hydrogen-bond acceptors (Lipinski definition) is 3. The van der Waals surface area contributed by atoms with Crippen molar-refractivity contribution in [3.8, 4) is 0 Å². The summed E-state index contributed by atoms with van der Waals surface area (Å²) in [5.74, 6) is -4.01. The number of anilines is 1. The number of aliphatic hydroxyl groups excluding tert-OH is 1. The van der Waals surface area contributed by atoms with Crippen molar-refractivity contribution in [2.45, 2.75) is 12.5 Å². The fraction of sp³-hybridized carbons (Fsp3) is 0.154. The van der Waals surface area contributed by atoms with Gasteiger partial charge in [-0.05, 0) is 29.3 Å². The number of aromatic nitrogens is 1. The molecule has 1 unspecified atom stereocenters. The van der Waals surface area contributed by atoms with E-state index in [4.69, 9.17) is 5.73 Å². The van der Waals surface area contributed by atoms with Gasteiger partial charge in [-0.3, -0.25) is 0 Å². The average molecular weight is 268 g/mol. The third kappa shape index (κ3) is 2.85. The molecule has 1 aromatic heterocycles. The smallest absolute Gasteiger partial charge is 0.194 e. The van der Waals surface area contributed by atoms with Crippen LogP contribution in [0.25, 0.3) is 0 Å². The first kappa shape index (κ1) is 13.4. The van der Waals surface area contributed by atoms with Gasteiger partial charge >= 0.3 is 0 Å². The van der Waals surface area contributed by atoms with Gasteiger partial charge in [-0.15, -0.1) is 0 Å². The van der Waals surface area contributed by atoms with Crippen LogP contribution in [0.4, 0.5) is 19.0 Å². The minimum Gasteiger partial charge on any atom is -0.388 e. The monoisotopic (exact) mass is 268 g/mol. The van der Waals surface area contributed by atoms with Crippen molar-refractivity contribution in [3.63, 3.8) is 0 Å². The van der Waals surface area contributed by atoms with Crippen molar-refractivity contribution in [1.82, 2.24) is 4.98 Å². The molecule has 6 heteroatoms. The zero-order valence-corrected chi connectivity index (χ0v) is 9.78. The third-order valence-corrected chi connectivity index (χ3v) is 2.73. The molecule has 0 amide bonds. The van der Waals surface area contributed by atoms with E-state index in [1.807, 2.05) is 0 Å². The molecule has 1 aromatic carbocycles. The van der Waals surface area contributed by atoms with Crippen LogP contribution in [-0.2, 0) is 6.42 Å². The molecule has 0 bridgehead atoms. The number of aliphatic hydroxyl groups is 1. The molecule has 1 heterocycles. The molecule has 0 saturated heterocycles. The minimum absolute atomic E-state index is 0.0319. The Hall–Kier alpha value is -2.08. The lowest BCUT2D eigenvalue weighted by molar-refractivity contribution is 0.177. The number of halogens is 3. The summed E-state index contributed by atoms with van der Waals surface area (Å²) in [6.45, 7) is 0. The quantitative estimate of drug-likeness (QED) is 0.840. The lowest BCUT2D eigenvalue weighted by atomic mass is 10.0. The van der Waals surface area contributed by atoms with Gasteiger partial charge in [0.05, 0.1) is 6.10 Å². The zero-order chi connectivity index (χ0) is 14.0. The number of benzene rings is 1. The molecule has 0 fully saturated rings. The molecule has 3 N–H and O–H groups in total. The largest absolute Gasteiger partial charge is 0.388 e. The molecule has 1 atom stereocenters. The van der Waals surface area contributed by atoms with Crippen LogP contribution in [0, 0.1) is 17.5 Å². The summed E-state index contributed by atoms with van der Waals surface area (Å²) < 4.78 is 38.9. The molecule has 3 nitrogen and oxygen atoms in total. The Kier molecular flexibility index (Phi) is 3.71. The van der Waals surface area contributed by atoms with Crippen LogP contribution in [0.15, 0.2) is 30.5 Å². The molecule has 0 aliphatic heterocycles. The number of nitrogen functional groups attached to an aromatic ring is 1. The molecule has 0 radical (unpaired) electrons. The Morgan fingerprint density at radius 1 is 1.21 bits per heavy atom. The molecule has 0 spiro atoms. The second-order valence-corrected chi connectivity index (χ2v) is 4.07. The summed E-state index contributed by atoms with van der Waals surface area (Å²) in [6.07, 6.45) is 0.322. The highest BCUT2D eigenvalue weighted by molar-refractivity contribution is 5.39. The fourth-order valence-electron chi connectivity index (χ4n) is 1.72.